The molecule has 0 spiro atoms. The number of likely N-dealkylation sites (N-methyl/N-ethyl adjacent to an activating group) is 1. The number of hydrogen-bond acceptors (Lipinski definition) is 3. The quantitative estimate of drug-likeness (QED) is 0.374. The molecule has 6 heteroatoms. The summed E-state index contributed by atoms with van der Waals surface area (Å²) in [6.07, 6.45) is -0.906. The van der Waals surface area contributed by atoms with Crippen molar-refractivity contribution in [1.82, 2.24) is 5.32 Å². The van der Waals surface area contributed by atoms with E-state index in [2.05, 4.69) is 5.32 Å². The minimum atomic E-state index is -1.07. The Morgan fingerprint density at radius 2 is 1.77 bits per heavy atom. The average molecular weight is 191 g/mol. The summed E-state index contributed by atoms with van der Waals surface area (Å²) in [5, 5.41) is 19.5. The number of aliphatic carboxylic acids is 2. The summed E-state index contributed by atoms with van der Waals surface area (Å²) in [5.41, 5.74) is 0. The molecule has 13 heavy (non-hydrogen) atoms. The minimum Gasteiger partial charge on any atom is -0.480 e. The molecule has 0 aliphatic carbocycles. The molecular formula is C7H15N2O4+. The van der Waals surface area contributed by atoms with Gasteiger partial charge in [-0.3, -0.25) is 4.79 Å². The minimum absolute atomic E-state index is 0.128. The fraction of sp³-hybridized carbons (Fsp3) is 0.714. The second kappa shape index (κ2) is 4.20. The molecule has 0 aromatic carbocycles. The Hall–Kier alpha value is -1.14. The molecule has 76 valence electrons. The van der Waals surface area contributed by atoms with Crippen LogP contribution < -0.4 is 5.32 Å². The zero-order chi connectivity index (χ0) is 10.6. The van der Waals surface area contributed by atoms with Gasteiger partial charge in [-0.15, -0.1) is 0 Å². The smallest absolute Gasteiger partial charge is 0.379 e. The van der Waals surface area contributed by atoms with Crippen LogP contribution in [-0.4, -0.2) is 60.5 Å². The van der Waals surface area contributed by atoms with Crippen molar-refractivity contribution >= 4 is 11.9 Å². The molecule has 0 amide bonds. The number of carbonyl (C=O) groups is 2. The zero-order valence-corrected chi connectivity index (χ0v) is 7.94. The molecule has 0 aliphatic rings. The van der Waals surface area contributed by atoms with Gasteiger partial charge >= 0.3 is 11.9 Å². The summed E-state index contributed by atoms with van der Waals surface area (Å²) in [6.45, 7) is -0.355. The highest BCUT2D eigenvalue weighted by Crippen LogP contribution is 1.98. The van der Waals surface area contributed by atoms with Crippen molar-refractivity contribution in [1.29, 1.82) is 0 Å². The lowest BCUT2D eigenvalue weighted by molar-refractivity contribution is -0.890. The summed E-state index contributed by atoms with van der Waals surface area (Å²) in [6, 6.07) is 0. The van der Waals surface area contributed by atoms with Crippen molar-refractivity contribution in [3.8, 4) is 0 Å². The van der Waals surface area contributed by atoms with Crippen molar-refractivity contribution in [3.05, 3.63) is 0 Å². The summed E-state index contributed by atoms with van der Waals surface area (Å²) in [7, 11) is 5.02. The van der Waals surface area contributed by atoms with E-state index in [1.165, 1.54) is 0 Å². The molecule has 0 fully saturated rings. The fourth-order valence-corrected chi connectivity index (χ4v) is 0.876. The predicted octanol–water partition coefficient (Wildman–Crippen LogP) is -1.22. The van der Waals surface area contributed by atoms with E-state index in [-0.39, 0.29) is 11.0 Å². The maximum Gasteiger partial charge on any atom is 0.379 e. The number of nitrogens with zero attached hydrogens (tertiary/aromatic N) is 1. The van der Waals surface area contributed by atoms with Crippen molar-refractivity contribution in [3.63, 3.8) is 0 Å². The van der Waals surface area contributed by atoms with E-state index in [0.717, 1.165) is 0 Å². The van der Waals surface area contributed by atoms with Gasteiger partial charge in [-0.2, -0.15) is 0 Å². The number of quaternary nitrogens is 1. The van der Waals surface area contributed by atoms with Gasteiger partial charge in [0.05, 0.1) is 27.7 Å². The van der Waals surface area contributed by atoms with Gasteiger partial charge in [-0.1, -0.05) is 0 Å². The van der Waals surface area contributed by atoms with Gasteiger partial charge < -0.3 is 14.7 Å². The second-order valence-electron chi connectivity index (χ2n) is 3.63. The first-order valence-electron chi connectivity index (χ1n) is 3.74. The second-order valence-corrected chi connectivity index (χ2v) is 3.63. The molecule has 0 aromatic heterocycles. The van der Waals surface area contributed by atoms with Crippen LogP contribution in [0, 0.1) is 0 Å². The molecule has 0 radical (unpaired) electrons. The van der Waals surface area contributed by atoms with E-state index in [1.54, 1.807) is 21.1 Å². The number of nitrogens with one attached hydrogen (secondary N) is 1. The predicted molar refractivity (Wildman–Crippen MR) is 45.1 cm³/mol. The van der Waals surface area contributed by atoms with Crippen molar-refractivity contribution in [2.75, 3.05) is 27.7 Å². The Kier molecular flexibility index (Phi) is 3.83. The lowest BCUT2D eigenvalue weighted by Crippen LogP contribution is -2.58. The Labute approximate surface area is 76.4 Å². The van der Waals surface area contributed by atoms with Gasteiger partial charge in [0, 0.05) is 0 Å². The maximum atomic E-state index is 10.7. The van der Waals surface area contributed by atoms with Gasteiger partial charge in [-0.05, 0) is 0 Å². The molecule has 0 rings (SSSR count). The highest BCUT2D eigenvalue weighted by Gasteiger charge is 2.31. The molecule has 0 bridgehead atoms. The van der Waals surface area contributed by atoms with Crippen LogP contribution in [0.3, 0.4) is 0 Å². The lowest BCUT2D eigenvalue weighted by atomic mass is 10.4. The van der Waals surface area contributed by atoms with Gasteiger partial charge in [0.1, 0.15) is 0 Å². The molecule has 1 unspecified atom stereocenters. The van der Waals surface area contributed by atoms with Crippen LogP contribution in [0.1, 0.15) is 0 Å². The monoisotopic (exact) mass is 191 g/mol. The largest absolute Gasteiger partial charge is 0.480 e. The van der Waals surface area contributed by atoms with E-state index in [0.29, 0.717) is 0 Å². The summed E-state index contributed by atoms with van der Waals surface area (Å²) in [5.74, 6) is -2.13. The third-order valence-electron chi connectivity index (χ3n) is 1.46. The average Bonchev–Trinajstić information content (AvgIpc) is 1.81. The van der Waals surface area contributed by atoms with Crippen LogP contribution in [0.4, 0.5) is 0 Å². The molecular weight excluding hydrogens is 176 g/mol. The van der Waals surface area contributed by atoms with E-state index in [9.17, 15) is 9.59 Å². The van der Waals surface area contributed by atoms with Crippen molar-refractivity contribution in [2.24, 2.45) is 0 Å². The summed E-state index contributed by atoms with van der Waals surface area (Å²) >= 11 is 0. The Morgan fingerprint density at radius 3 is 2.00 bits per heavy atom. The highest BCUT2D eigenvalue weighted by molar-refractivity contribution is 5.74. The number of carboxylic acid groups (broad SMARTS) is 2. The first-order chi connectivity index (χ1) is 5.75. The van der Waals surface area contributed by atoms with Crippen molar-refractivity contribution in [2.45, 2.75) is 6.17 Å². The van der Waals surface area contributed by atoms with E-state index in [1.807, 2.05) is 0 Å². The summed E-state index contributed by atoms with van der Waals surface area (Å²) in [4.78, 5) is 20.9. The van der Waals surface area contributed by atoms with E-state index < -0.39 is 18.1 Å². The maximum absolute atomic E-state index is 10.7. The SMILES string of the molecule is C[N+](C)(C)C(NCC(=O)O)C(=O)O. The Morgan fingerprint density at radius 1 is 1.31 bits per heavy atom. The molecule has 0 heterocycles. The van der Waals surface area contributed by atoms with Gasteiger partial charge in [0.15, 0.2) is 0 Å². The van der Waals surface area contributed by atoms with Crippen LogP contribution >= 0.6 is 0 Å². The Balaban J connectivity index is 4.28. The molecule has 0 aromatic rings. The van der Waals surface area contributed by atoms with Crippen molar-refractivity contribution < 1.29 is 24.3 Å². The van der Waals surface area contributed by atoms with Crippen LogP contribution in [-0.2, 0) is 9.59 Å². The molecule has 6 nitrogen and oxygen atoms in total. The first kappa shape index (κ1) is 11.9. The highest BCUT2D eigenvalue weighted by atomic mass is 16.4. The van der Waals surface area contributed by atoms with Gasteiger partial charge in [-0.25, -0.2) is 10.1 Å². The third-order valence-corrected chi connectivity index (χ3v) is 1.46. The third kappa shape index (κ3) is 4.44. The normalized spacial score (nSPS) is 13.8. The fourth-order valence-electron chi connectivity index (χ4n) is 0.876. The van der Waals surface area contributed by atoms with Crippen LogP contribution in [0.25, 0.3) is 0 Å². The molecule has 0 aliphatic heterocycles. The first-order valence-corrected chi connectivity index (χ1v) is 3.74. The lowest BCUT2D eigenvalue weighted by Gasteiger charge is -2.30. The zero-order valence-electron chi connectivity index (χ0n) is 7.94. The van der Waals surface area contributed by atoms with E-state index in [4.69, 9.17) is 10.2 Å². The molecule has 0 saturated carbocycles. The molecule has 0 saturated heterocycles. The Bertz CT molecular complexity index is 209. The van der Waals surface area contributed by atoms with Gasteiger partial charge in [0.25, 0.3) is 0 Å². The van der Waals surface area contributed by atoms with Gasteiger partial charge in [0.2, 0.25) is 6.17 Å². The number of carboxylic acids is 2. The van der Waals surface area contributed by atoms with Crippen LogP contribution in [0.5, 0.6) is 0 Å². The number of hydrogen-bond donors (Lipinski definition) is 3. The van der Waals surface area contributed by atoms with E-state index >= 15 is 0 Å². The summed E-state index contributed by atoms with van der Waals surface area (Å²) < 4.78 is 0.128. The molecule has 1 atom stereocenters. The molecule has 3 N–H and O–H groups in total. The number of rotatable bonds is 5. The standard InChI is InChI=1S/C7H14N2O4/c1-9(2,3)6(7(12)13)8-4-5(10)11/h6,8H,4H2,1-3H3,(H-,10,11,12,13)/p+1. The topological polar surface area (TPSA) is 86.6 Å². The van der Waals surface area contributed by atoms with Crippen LogP contribution in [0.15, 0.2) is 0 Å². The van der Waals surface area contributed by atoms with Crippen LogP contribution in [0.2, 0.25) is 0 Å².